The second-order valence-corrected chi connectivity index (χ2v) is 12.7. The number of carboxylic acid groups (broad SMARTS) is 1. The Morgan fingerprint density at radius 1 is 0.980 bits per heavy atom. The van der Waals surface area contributed by atoms with E-state index in [1.807, 2.05) is 49.4 Å². The lowest BCUT2D eigenvalue weighted by Crippen LogP contribution is -2.62. The summed E-state index contributed by atoms with van der Waals surface area (Å²) in [5.74, 6) is -5.47. The van der Waals surface area contributed by atoms with Crippen LogP contribution in [0.1, 0.15) is 55.7 Å². The molecule has 8 nitrogen and oxygen atoms in total. The number of likely N-dealkylation sites (N-methyl/N-ethyl adjacent to an activating group) is 1. The number of fused-ring (bicyclic) bond motifs is 2. The van der Waals surface area contributed by atoms with Crippen LogP contribution in [0.15, 0.2) is 66.2 Å². The largest absolute Gasteiger partial charge is 0.488 e. The normalized spacial score (nSPS) is 17.2. The van der Waals surface area contributed by atoms with Gasteiger partial charge in [0.2, 0.25) is 11.7 Å². The van der Waals surface area contributed by atoms with Gasteiger partial charge in [0.15, 0.2) is 17.4 Å². The van der Waals surface area contributed by atoms with Gasteiger partial charge >= 0.3 is 5.97 Å². The maximum absolute atomic E-state index is 14.4. The molecule has 12 heteroatoms. The minimum atomic E-state index is -1.35. The lowest BCUT2D eigenvalue weighted by Gasteiger charge is -2.45. The van der Waals surface area contributed by atoms with Gasteiger partial charge in [-0.25, -0.2) is 8.78 Å². The average molecular weight is 698 g/mol. The van der Waals surface area contributed by atoms with E-state index in [-0.39, 0.29) is 50.3 Å². The molecule has 0 spiro atoms. The van der Waals surface area contributed by atoms with Gasteiger partial charge in [-0.3, -0.25) is 14.4 Å². The van der Waals surface area contributed by atoms with E-state index in [2.05, 4.69) is 5.32 Å². The molecule has 2 aliphatic rings. The molecule has 2 N–H and O–H groups in total. The van der Waals surface area contributed by atoms with E-state index in [0.717, 1.165) is 28.3 Å². The summed E-state index contributed by atoms with van der Waals surface area (Å²) in [6.07, 6.45) is 1.75. The Morgan fingerprint density at radius 3 is 2.43 bits per heavy atom. The van der Waals surface area contributed by atoms with Crippen LogP contribution in [0.25, 0.3) is 5.57 Å². The Hall–Kier alpha value is -4.35. The van der Waals surface area contributed by atoms with Crippen molar-refractivity contribution in [3.05, 3.63) is 105 Å². The Balaban J connectivity index is 1.36. The third kappa shape index (κ3) is 8.82. The Morgan fingerprint density at radius 2 is 1.71 bits per heavy atom. The van der Waals surface area contributed by atoms with Crippen molar-refractivity contribution in [1.82, 2.24) is 15.1 Å². The molecular formula is C37H39ClF3N3O5. The number of carboxylic acids is 1. The second kappa shape index (κ2) is 16.4. The number of benzene rings is 3. The number of halogens is 4. The van der Waals surface area contributed by atoms with Crippen LogP contribution in [0.5, 0.6) is 5.75 Å². The quantitative estimate of drug-likeness (QED) is 0.150. The molecule has 260 valence electrons. The van der Waals surface area contributed by atoms with Crippen LogP contribution in [0.4, 0.5) is 13.2 Å². The molecule has 3 aromatic rings. The van der Waals surface area contributed by atoms with Gasteiger partial charge in [0.1, 0.15) is 0 Å². The number of nitrogens with zero attached hydrogens (tertiary/aromatic N) is 2. The van der Waals surface area contributed by atoms with E-state index < -0.39 is 35.2 Å². The molecule has 2 bridgehead atoms. The first-order chi connectivity index (χ1) is 23.5. The van der Waals surface area contributed by atoms with Crippen molar-refractivity contribution >= 4 is 35.0 Å². The van der Waals surface area contributed by atoms with E-state index in [1.54, 1.807) is 15.9 Å². The van der Waals surface area contributed by atoms with Crippen molar-refractivity contribution in [3.8, 4) is 5.75 Å². The molecule has 2 heterocycles. The summed E-state index contributed by atoms with van der Waals surface area (Å²) in [4.78, 5) is 42.0. The molecule has 2 aliphatic heterocycles. The van der Waals surface area contributed by atoms with Crippen molar-refractivity contribution < 1.29 is 37.4 Å². The predicted octanol–water partition coefficient (Wildman–Crippen LogP) is 6.40. The van der Waals surface area contributed by atoms with Crippen LogP contribution in [0.2, 0.25) is 5.02 Å². The van der Waals surface area contributed by atoms with E-state index >= 15 is 0 Å². The number of aryl methyl sites for hydroxylation is 1. The van der Waals surface area contributed by atoms with Crippen LogP contribution in [0, 0.1) is 17.5 Å². The molecule has 2 atom stereocenters. The zero-order valence-corrected chi connectivity index (χ0v) is 27.9. The molecule has 0 aromatic heterocycles. The van der Waals surface area contributed by atoms with E-state index in [9.17, 15) is 27.6 Å². The van der Waals surface area contributed by atoms with Gasteiger partial charge in [-0.2, -0.15) is 4.39 Å². The highest BCUT2D eigenvalue weighted by Gasteiger charge is 2.40. The molecule has 1 saturated heterocycles. The Labute approximate surface area is 288 Å². The molecule has 2 amide bonds. The lowest BCUT2D eigenvalue weighted by atomic mass is 9.82. The van der Waals surface area contributed by atoms with Crippen molar-refractivity contribution in [3.63, 3.8) is 0 Å². The second-order valence-electron chi connectivity index (χ2n) is 12.3. The fraction of sp³-hybridized carbons (Fsp3) is 0.378. The van der Waals surface area contributed by atoms with Crippen molar-refractivity contribution in [2.45, 2.75) is 64.1 Å². The topological polar surface area (TPSA) is 99.2 Å². The van der Waals surface area contributed by atoms with Gasteiger partial charge in [0.05, 0.1) is 12.6 Å². The summed E-state index contributed by atoms with van der Waals surface area (Å²) in [5.41, 5.74) is 4.11. The zero-order valence-electron chi connectivity index (χ0n) is 27.2. The first-order valence-corrected chi connectivity index (χ1v) is 16.8. The van der Waals surface area contributed by atoms with Gasteiger partial charge in [0.25, 0.3) is 5.91 Å². The molecule has 0 saturated carbocycles. The summed E-state index contributed by atoms with van der Waals surface area (Å²) in [6, 6.07) is 16.1. The molecule has 5 rings (SSSR count). The Kier molecular flexibility index (Phi) is 12.0. The fourth-order valence-electron chi connectivity index (χ4n) is 6.41. The molecular weight excluding hydrogens is 659 g/mol. The number of hydrogen-bond donors (Lipinski definition) is 2. The number of aliphatic carboxylic acids is 1. The summed E-state index contributed by atoms with van der Waals surface area (Å²) in [7, 11) is 0. The van der Waals surface area contributed by atoms with Crippen LogP contribution in [-0.2, 0) is 27.3 Å². The number of carbonyl (C=O) groups excluding carboxylic acids is 2. The number of nitrogens with one attached hydrogen (secondary N) is 1. The van der Waals surface area contributed by atoms with Gasteiger partial charge in [-0.1, -0.05) is 54.1 Å². The highest BCUT2D eigenvalue weighted by Crippen LogP contribution is 2.35. The number of hydrogen-bond acceptors (Lipinski definition) is 5. The third-order valence-corrected chi connectivity index (χ3v) is 9.29. The first kappa shape index (κ1) is 35.9. The predicted molar refractivity (Wildman–Crippen MR) is 179 cm³/mol. The molecule has 49 heavy (non-hydrogen) atoms. The maximum atomic E-state index is 14.4. The van der Waals surface area contributed by atoms with Gasteiger partial charge in [-0.05, 0) is 73.1 Å². The van der Waals surface area contributed by atoms with Gasteiger partial charge in [-0.15, -0.1) is 0 Å². The number of carbonyl (C=O) groups is 3. The number of amides is 2. The van der Waals surface area contributed by atoms with Crippen LogP contribution < -0.4 is 10.1 Å². The lowest BCUT2D eigenvalue weighted by molar-refractivity contribution is -0.138. The summed E-state index contributed by atoms with van der Waals surface area (Å²) in [6.45, 7) is 3.35. The highest BCUT2D eigenvalue weighted by atomic mass is 35.5. The first-order valence-electron chi connectivity index (χ1n) is 16.4. The van der Waals surface area contributed by atoms with Crippen LogP contribution >= 0.6 is 11.6 Å². The minimum absolute atomic E-state index is 0.0122. The number of piperazine rings is 1. The maximum Gasteiger partial charge on any atom is 0.303 e. The highest BCUT2D eigenvalue weighted by molar-refractivity contribution is 6.31. The smallest absolute Gasteiger partial charge is 0.303 e. The number of rotatable bonds is 14. The SMILES string of the molecule is CCN(Cc1ccccc1Cl)C(=O)C1=C(c2ccc(CCCOc3c(F)ccc(F)c3F)cc2)CC2CN(C(=O)CCCC(=O)O)CC1N2. The number of ether oxygens (including phenoxy) is 1. The van der Waals surface area contributed by atoms with E-state index in [1.165, 1.54) is 0 Å². The van der Waals surface area contributed by atoms with Crippen LogP contribution in [0.3, 0.4) is 0 Å². The summed E-state index contributed by atoms with van der Waals surface area (Å²) < 4.78 is 46.5. The molecule has 3 aromatic carbocycles. The molecule has 0 radical (unpaired) electrons. The molecule has 0 aliphatic carbocycles. The minimum Gasteiger partial charge on any atom is -0.488 e. The third-order valence-electron chi connectivity index (χ3n) is 8.92. The van der Waals surface area contributed by atoms with Crippen LogP contribution in [-0.4, -0.2) is 71.0 Å². The standard InChI is InChI=1S/C37H39ClF3N3O5/c1-2-43(20-25-8-3-4-9-28(25)38)37(48)34-27(19-26-21-44(22-31(34)42-26)32(45)10-5-11-33(46)47)24-14-12-23(13-15-24)7-6-18-49-36-30(40)17-16-29(39)35(36)41/h3-4,8-9,12-17,26,31,42H,2,5-7,10-11,18-22H2,1H3,(H,46,47). The van der Waals surface area contributed by atoms with Crippen molar-refractivity contribution in [1.29, 1.82) is 0 Å². The van der Waals surface area contributed by atoms with Gasteiger partial charge in [0, 0.05) is 55.7 Å². The summed E-state index contributed by atoms with van der Waals surface area (Å²) >= 11 is 6.45. The van der Waals surface area contributed by atoms with E-state index in [0.29, 0.717) is 55.6 Å². The monoisotopic (exact) mass is 697 g/mol. The fourth-order valence-corrected chi connectivity index (χ4v) is 6.61. The molecule has 1 fully saturated rings. The molecule has 2 unspecified atom stereocenters. The van der Waals surface area contributed by atoms with Gasteiger partial charge < -0.3 is 25.0 Å². The average Bonchev–Trinajstić information content (AvgIpc) is 3.08. The summed E-state index contributed by atoms with van der Waals surface area (Å²) in [5, 5.41) is 13.1. The Bertz CT molecular complexity index is 1720. The van der Waals surface area contributed by atoms with E-state index in [4.69, 9.17) is 21.4 Å². The van der Waals surface area contributed by atoms with Crippen molar-refractivity contribution in [2.24, 2.45) is 0 Å². The zero-order chi connectivity index (χ0) is 35.1. The van der Waals surface area contributed by atoms with Crippen molar-refractivity contribution in [2.75, 3.05) is 26.2 Å².